The van der Waals surface area contributed by atoms with Crippen molar-refractivity contribution in [1.29, 1.82) is 0 Å². The Morgan fingerprint density at radius 1 is 1.40 bits per heavy atom. The highest BCUT2D eigenvalue weighted by molar-refractivity contribution is 7.99. The largest absolute Gasteiger partial charge is 0.444 e. The maximum Gasteiger partial charge on any atom is 0.414 e. The van der Waals surface area contributed by atoms with Crippen LogP contribution in [0.4, 0.5) is 20.6 Å². The lowest BCUT2D eigenvalue weighted by molar-refractivity contribution is -0.119. The Labute approximate surface area is 150 Å². The number of carbonyl (C=O) groups is 2. The molecule has 25 heavy (non-hydrogen) atoms. The fourth-order valence-electron chi connectivity index (χ4n) is 3.02. The van der Waals surface area contributed by atoms with Crippen LogP contribution in [-0.2, 0) is 9.53 Å². The maximum atomic E-state index is 14.5. The monoisotopic (exact) mass is 367 g/mol. The van der Waals surface area contributed by atoms with Gasteiger partial charge in [0.2, 0.25) is 5.91 Å². The number of hydrogen-bond donors (Lipinski definition) is 1. The van der Waals surface area contributed by atoms with Crippen molar-refractivity contribution in [2.75, 3.05) is 47.5 Å². The molecule has 0 radical (unpaired) electrons. The summed E-state index contributed by atoms with van der Waals surface area (Å²) in [7, 11) is 0. The number of halogens is 1. The predicted molar refractivity (Wildman–Crippen MR) is 96.9 cm³/mol. The first-order chi connectivity index (χ1) is 12.0. The quantitative estimate of drug-likeness (QED) is 0.865. The number of ether oxygens (including phenoxy) is 1. The SMILES string of the molecule is CC(=O)NCC[C@H]1CN(c2ccc(N3CCSCC3)c(F)c2)C(=O)O1. The van der Waals surface area contributed by atoms with E-state index in [2.05, 4.69) is 5.32 Å². The third-order valence-electron chi connectivity index (χ3n) is 4.31. The van der Waals surface area contributed by atoms with E-state index in [1.807, 2.05) is 16.7 Å². The molecule has 1 aromatic rings. The Morgan fingerprint density at radius 2 is 2.16 bits per heavy atom. The molecule has 2 aliphatic heterocycles. The van der Waals surface area contributed by atoms with Gasteiger partial charge in [-0.1, -0.05) is 0 Å². The standard InChI is InChI=1S/C17H22FN3O3S/c1-12(22)19-5-4-14-11-21(17(23)24-14)13-2-3-16(15(18)10-13)20-6-8-25-9-7-20/h2-3,10,14H,4-9,11H2,1H3,(H,19,22)/t14-/m0/s1. The normalized spacial score (nSPS) is 20.6. The van der Waals surface area contributed by atoms with Gasteiger partial charge in [-0.05, 0) is 18.2 Å². The Kier molecular flexibility index (Phi) is 5.67. The van der Waals surface area contributed by atoms with E-state index in [0.717, 1.165) is 24.6 Å². The molecule has 3 rings (SSSR count). The third-order valence-corrected chi connectivity index (χ3v) is 5.25. The second-order valence-electron chi connectivity index (χ2n) is 6.12. The zero-order chi connectivity index (χ0) is 17.8. The molecular formula is C17H22FN3O3S. The van der Waals surface area contributed by atoms with Crippen LogP contribution in [0.5, 0.6) is 0 Å². The molecule has 0 bridgehead atoms. The minimum absolute atomic E-state index is 0.116. The molecule has 2 aliphatic rings. The topological polar surface area (TPSA) is 61.9 Å². The van der Waals surface area contributed by atoms with Crippen LogP contribution in [0.3, 0.4) is 0 Å². The summed E-state index contributed by atoms with van der Waals surface area (Å²) in [6, 6.07) is 4.89. The summed E-state index contributed by atoms with van der Waals surface area (Å²) < 4.78 is 19.8. The average molecular weight is 367 g/mol. The molecule has 1 aromatic carbocycles. The van der Waals surface area contributed by atoms with Gasteiger partial charge < -0.3 is 15.0 Å². The number of nitrogens with one attached hydrogen (secondary N) is 1. The van der Waals surface area contributed by atoms with Crippen LogP contribution in [0.1, 0.15) is 13.3 Å². The smallest absolute Gasteiger partial charge is 0.414 e. The van der Waals surface area contributed by atoms with Gasteiger partial charge in [0.1, 0.15) is 11.9 Å². The predicted octanol–water partition coefficient (Wildman–Crippen LogP) is 2.23. The van der Waals surface area contributed by atoms with Crippen molar-refractivity contribution in [2.24, 2.45) is 0 Å². The highest BCUT2D eigenvalue weighted by Gasteiger charge is 2.32. The van der Waals surface area contributed by atoms with Crippen LogP contribution in [0.25, 0.3) is 0 Å². The van der Waals surface area contributed by atoms with Crippen LogP contribution in [0.2, 0.25) is 0 Å². The molecule has 0 aliphatic carbocycles. The molecular weight excluding hydrogens is 345 g/mol. The molecule has 2 amide bonds. The highest BCUT2D eigenvalue weighted by atomic mass is 32.2. The lowest BCUT2D eigenvalue weighted by Crippen LogP contribution is -2.33. The molecule has 2 saturated heterocycles. The molecule has 1 atom stereocenters. The van der Waals surface area contributed by atoms with Crippen LogP contribution < -0.4 is 15.1 Å². The number of nitrogens with zero attached hydrogens (tertiary/aromatic N) is 2. The second kappa shape index (κ2) is 7.95. The molecule has 136 valence electrons. The minimum Gasteiger partial charge on any atom is -0.444 e. The Hall–Kier alpha value is -1.96. The Morgan fingerprint density at radius 3 is 2.84 bits per heavy atom. The van der Waals surface area contributed by atoms with E-state index in [1.54, 1.807) is 12.1 Å². The first kappa shape index (κ1) is 17.8. The molecule has 8 heteroatoms. The Bertz CT molecular complexity index is 652. The molecule has 1 N–H and O–H groups in total. The lowest BCUT2D eigenvalue weighted by Gasteiger charge is -2.29. The second-order valence-corrected chi connectivity index (χ2v) is 7.35. The molecule has 0 aromatic heterocycles. The van der Waals surface area contributed by atoms with Crippen molar-refractivity contribution in [3.63, 3.8) is 0 Å². The van der Waals surface area contributed by atoms with Crippen molar-refractivity contribution in [3.05, 3.63) is 24.0 Å². The van der Waals surface area contributed by atoms with E-state index in [0.29, 0.717) is 30.9 Å². The van der Waals surface area contributed by atoms with Gasteiger partial charge in [-0.3, -0.25) is 9.69 Å². The number of anilines is 2. The zero-order valence-corrected chi connectivity index (χ0v) is 15.0. The fourth-order valence-corrected chi connectivity index (χ4v) is 3.92. The number of amides is 2. The molecule has 2 heterocycles. The van der Waals surface area contributed by atoms with Gasteiger partial charge in [-0.2, -0.15) is 11.8 Å². The molecule has 0 unspecified atom stereocenters. The molecule has 6 nitrogen and oxygen atoms in total. The zero-order valence-electron chi connectivity index (χ0n) is 14.2. The highest BCUT2D eigenvalue weighted by Crippen LogP contribution is 2.29. The van der Waals surface area contributed by atoms with Crippen molar-refractivity contribution < 1.29 is 18.7 Å². The molecule has 0 saturated carbocycles. The molecule has 0 spiro atoms. The van der Waals surface area contributed by atoms with Gasteiger partial charge in [-0.25, -0.2) is 9.18 Å². The van der Waals surface area contributed by atoms with Crippen molar-refractivity contribution in [3.8, 4) is 0 Å². The average Bonchev–Trinajstić information content (AvgIpc) is 2.96. The Balaban J connectivity index is 1.64. The summed E-state index contributed by atoms with van der Waals surface area (Å²) in [6.07, 6.45) is -0.246. The summed E-state index contributed by atoms with van der Waals surface area (Å²) in [5.41, 5.74) is 1.08. The summed E-state index contributed by atoms with van der Waals surface area (Å²) in [6.45, 7) is 3.91. The maximum absolute atomic E-state index is 14.5. The third kappa shape index (κ3) is 4.36. The van der Waals surface area contributed by atoms with E-state index in [-0.39, 0.29) is 17.8 Å². The van der Waals surface area contributed by atoms with Gasteiger partial charge >= 0.3 is 6.09 Å². The van der Waals surface area contributed by atoms with Crippen molar-refractivity contribution in [1.82, 2.24) is 5.32 Å². The van der Waals surface area contributed by atoms with Crippen LogP contribution in [-0.4, -0.2) is 55.8 Å². The lowest BCUT2D eigenvalue weighted by atomic mass is 10.2. The van der Waals surface area contributed by atoms with E-state index >= 15 is 0 Å². The number of benzene rings is 1. The van der Waals surface area contributed by atoms with Crippen LogP contribution in [0, 0.1) is 5.82 Å². The van der Waals surface area contributed by atoms with Gasteiger partial charge in [-0.15, -0.1) is 0 Å². The van der Waals surface area contributed by atoms with Gasteiger partial charge in [0.25, 0.3) is 0 Å². The first-order valence-corrected chi connectivity index (χ1v) is 9.55. The number of thioether (sulfide) groups is 1. The summed E-state index contributed by atoms with van der Waals surface area (Å²) >= 11 is 1.87. The summed E-state index contributed by atoms with van der Waals surface area (Å²) in [5.74, 6) is 1.56. The van der Waals surface area contributed by atoms with Gasteiger partial charge in [0.05, 0.1) is 17.9 Å². The van der Waals surface area contributed by atoms with Crippen molar-refractivity contribution in [2.45, 2.75) is 19.4 Å². The van der Waals surface area contributed by atoms with E-state index in [4.69, 9.17) is 4.74 Å². The van der Waals surface area contributed by atoms with E-state index in [9.17, 15) is 14.0 Å². The number of cyclic esters (lactones) is 1. The first-order valence-electron chi connectivity index (χ1n) is 8.39. The number of hydrogen-bond acceptors (Lipinski definition) is 5. The van der Waals surface area contributed by atoms with Crippen LogP contribution in [0.15, 0.2) is 18.2 Å². The molecule has 2 fully saturated rings. The fraction of sp³-hybridized carbons (Fsp3) is 0.529. The number of carbonyl (C=O) groups excluding carboxylic acids is 2. The van der Waals surface area contributed by atoms with Crippen molar-refractivity contribution >= 4 is 35.1 Å². The number of rotatable bonds is 5. The van der Waals surface area contributed by atoms with Gasteiger partial charge in [0.15, 0.2) is 0 Å². The summed E-state index contributed by atoms with van der Waals surface area (Å²) in [5, 5.41) is 2.68. The van der Waals surface area contributed by atoms with Gasteiger partial charge in [0, 0.05) is 44.5 Å². The minimum atomic E-state index is -0.477. The van der Waals surface area contributed by atoms with E-state index < -0.39 is 6.09 Å². The van der Waals surface area contributed by atoms with E-state index in [1.165, 1.54) is 17.9 Å². The van der Waals surface area contributed by atoms with Crippen LogP contribution >= 0.6 is 11.8 Å². The summed E-state index contributed by atoms with van der Waals surface area (Å²) in [4.78, 5) is 26.4.